The van der Waals surface area contributed by atoms with Crippen LogP contribution in [-0.2, 0) is 30.5 Å². The van der Waals surface area contributed by atoms with Crippen molar-refractivity contribution in [3.8, 4) is 11.5 Å². The number of nitrogens with zero attached hydrogens (tertiary/aromatic N) is 4. The number of carboxylic acid groups (broad SMARTS) is 1. The van der Waals surface area contributed by atoms with Gasteiger partial charge in [-0.25, -0.2) is 9.97 Å². The zero-order chi connectivity index (χ0) is 23.8. The highest BCUT2D eigenvalue weighted by molar-refractivity contribution is 5.66. The van der Waals surface area contributed by atoms with Crippen LogP contribution < -0.4 is 4.90 Å². The van der Waals surface area contributed by atoms with Crippen molar-refractivity contribution in [2.24, 2.45) is 0 Å². The molecule has 3 aromatic rings. The second-order valence-electron chi connectivity index (χ2n) is 9.05. The van der Waals surface area contributed by atoms with Crippen molar-refractivity contribution in [2.45, 2.75) is 64.7 Å². The predicted molar refractivity (Wildman–Crippen MR) is 135 cm³/mol. The summed E-state index contributed by atoms with van der Waals surface area (Å²) in [6.45, 7) is 4.00. The van der Waals surface area contributed by atoms with E-state index in [1.54, 1.807) is 0 Å². The molecule has 0 radical (unpaired) electrons. The van der Waals surface area contributed by atoms with Gasteiger partial charge in [-0.2, -0.15) is 0 Å². The maximum atomic E-state index is 11.0. The lowest BCUT2D eigenvalue weighted by molar-refractivity contribution is -0.137. The minimum atomic E-state index is -0.777. The summed E-state index contributed by atoms with van der Waals surface area (Å²) in [5.74, 6) is 0.754. The maximum Gasteiger partial charge on any atom is 0.303 e. The summed E-state index contributed by atoms with van der Waals surface area (Å²) in [7, 11) is 0. The Morgan fingerprint density at radius 3 is 2.44 bits per heavy atom. The molecule has 1 aliphatic heterocycles. The molecule has 0 spiro atoms. The Bertz CT molecular complexity index is 1090. The number of unbranched alkanes of at least 4 members (excludes halogenated alkanes) is 2. The smallest absolute Gasteiger partial charge is 0.303 e. The molecular weight excluding hydrogens is 424 g/mol. The topological polar surface area (TPSA) is 79.2 Å². The minimum absolute atomic E-state index is 0.138. The molecule has 1 aromatic carbocycles. The van der Waals surface area contributed by atoms with E-state index in [2.05, 4.69) is 53.2 Å². The van der Waals surface area contributed by atoms with Gasteiger partial charge < -0.3 is 10.0 Å². The van der Waals surface area contributed by atoms with Gasteiger partial charge in [-0.1, -0.05) is 44.0 Å². The van der Waals surface area contributed by atoms with Crippen LogP contribution >= 0.6 is 0 Å². The maximum absolute atomic E-state index is 11.0. The fourth-order valence-corrected chi connectivity index (χ4v) is 4.54. The fourth-order valence-electron chi connectivity index (χ4n) is 4.54. The third-order valence-electron chi connectivity index (χ3n) is 6.46. The van der Waals surface area contributed by atoms with Crippen LogP contribution in [0.1, 0.15) is 61.4 Å². The number of hydrogen-bond acceptors (Lipinski definition) is 5. The van der Waals surface area contributed by atoms with Crippen molar-refractivity contribution >= 4 is 11.8 Å². The number of hydrogen-bond donors (Lipinski definition) is 1. The molecule has 0 fully saturated rings. The molecule has 0 atom stereocenters. The highest BCUT2D eigenvalue weighted by atomic mass is 16.4. The average molecular weight is 459 g/mol. The summed E-state index contributed by atoms with van der Waals surface area (Å²) in [6.07, 6.45) is 9.72. The number of aliphatic carboxylic acids is 1. The molecule has 1 aliphatic rings. The summed E-state index contributed by atoms with van der Waals surface area (Å²) in [4.78, 5) is 27.7. The molecule has 178 valence electrons. The number of rotatable bonds is 10. The van der Waals surface area contributed by atoms with Gasteiger partial charge in [0.25, 0.3) is 0 Å². The van der Waals surface area contributed by atoms with Crippen molar-refractivity contribution < 1.29 is 9.90 Å². The summed E-state index contributed by atoms with van der Waals surface area (Å²) in [5, 5.41) is 9.07. The molecular formula is C28H34N4O2. The lowest BCUT2D eigenvalue weighted by atomic mass is 10.0. The monoisotopic (exact) mass is 458 g/mol. The van der Waals surface area contributed by atoms with Crippen molar-refractivity contribution in [1.82, 2.24) is 15.0 Å². The molecule has 0 amide bonds. The SMILES string of the molecule is CCCCCc1ccnc(-c2nc(CCCC(=O)O)cc(N3CCc4ccccc4CC3)n2)c1. The van der Waals surface area contributed by atoms with Gasteiger partial charge in [-0.05, 0) is 67.3 Å². The zero-order valence-corrected chi connectivity index (χ0v) is 20.0. The van der Waals surface area contributed by atoms with E-state index in [9.17, 15) is 4.79 Å². The molecule has 0 unspecified atom stereocenters. The van der Waals surface area contributed by atoms with E-state index in [0.717, 1.165) is 56.0 Å². The Morgan fingerprint density at radius 1 is 0.971 bits per heavy atom. The summed E-state index contributed by atoms with van der Waals surface area (Å²) >= 11 is 0. The van der Waals surface area contributed by atoms with E-state index < -0.39 is 5.97 Å². The molecule has 3 heterocycles. The third kappa shape index (κ3) is 6.40. The standard InChI is InChI=1S/C28H34N4O2/c1-2-3-4-8-21-13-16-29-25(19-21)28-30-24(11-7-12-27(33)34)20-26(31-28)32-17-14-22-9-5-6-10-23(22)15-18-32/h5-6,9-10,13,16,19-20H,2-4,7-8,11-12,14-15,17-18H2,1H3,(H,33,34). The van der Waals surface area contributed by atoms with Gasteiger partial charge in [-0.3, -0.25) is 9.78 Å². The van der Waals surface area contributed by atoms with Crippen LogP contribution in [0.25, 0.3) is 11.5 Å². The average Bonchev–Trinajstić information content (AvgIpc) is 3.07. The first-order valence-corrected chi connectivity index (χ1v) is 12.5. The number of aryl methyl sites for hydroxylation is 2. The van der Waals surface area contributed by atoms with Gasteiger partial charge in [0.2, 0.25) is 0 Å². The van der Waals surface area contributed by atoms with Crippen LogP contribution in [-0.4, -0.2) is 39.1 Å². The number of fused-ring (bicyclic) bond motifs is 1. The first-order chi connectivity index (χ1) is 16.6. The van der Waals surface area contributed by atoms with E-state index in [1.807, 2.05) is 12.3 Å². The van der Waals surface area contributed by atoms with Crippen LogP contribution in [0.15, 0.2) is 48.7 Å². The van der Waals surface area contributed by atoms with Crippen molar-refractivity contribution in [3.63, 3.8) is 0 Å². The van der Waals surface area contributed by atoms with Gasteiger partial charge in [0.15, 0.2) is 5.82 Å². The van der Waals surface area contributed by atoms with Gasteiger partial charge >= 0.3 is 5.97 Å². The number of carbonyl (C=O) groups is 1. The van der Waals surface area contributed by atoms with E-state index in [4.69, 9.17) is 15.1 Å². The Balaban J connectivity index is 1.61. The van der Waals surface area contributed by atoms with Crippen molar-refractivity contribution in [3.05, 3.63) is 71.0 Å². The molecule has 0 saturated heterocycles. The molecule has 4 rings (SSSR count). The number of aromatic nitrogens is 3. The first kappa shape index (κ1) is 23.9. The molecule has 0 bridgehead atoms. The number of benzene rings is 1. The quantitative estimate of drug-likeness (QED) is 0.416. The molecule has 6 heteroatoms. The molecule has 2 aromatic heterocycles. The zero-order valence-electron chi connectivity index (χ0n) is 20.0. The second kappa shape index (κ2) is 11.7. The molecule has 6 nitrogen and oxygen atoms in total. The van der Waals surface area contributed by atoms with Crippen LogP contribution in [0.2, 0.25) is 0 Å². The summed E-state index contributed by atoms with van der Waals surface area (Å²) in [6, 6.07) is 14.9. The van der Waals surface area contributed by atoms with Gasteiger partial charge in [0.05, 0.1) is 0 Å². The first-order valence-electron chi connectivity index (χ1n) is 12.5. The lowest BCUT2D eigenvalue weighted by Crippen LogP contribution is -2.27. The van der Waals surface area contributed by atoms with E-state index in [0.29, 0.717) is 18.7 Å². The Hall–Kier alpha value is -3.28. The van der Waals surface area contributed by atoms with E-state index in [-0.39, 0.29) is 6.42 Å². The Morgan fingerprint density at radius 2 is 1.74 bits per heavy atom. The van der Waals surface area contributed by atoms with Gasteiger partial charge in [0, 0.05) is 37.5 Å². The van der Waals surface area contributed by atoms with E-state index in [1.165, 1.54) is 29.5 Å². The van der Waals surface area contributed by atoms with Gasteiger partial charge in [0.1, 0.15) is 11.5 Å². The van der Waals surface area contributed by atoms with Crippen molar-refractivity contribution in [1.29, 1.82) is 0 Å². The van der Waals surface area contributed by atoms with Crippen LogP contribution in [0.5, 0.6) is 0 Å². The normalized spacial score (nSPS) is 13.4. The highest BCUT2D eigenvalue weighted by Gasteiger charge is 2.18. The molecule has 1 N–H and O–H groups in total. The minimum Gasteiger partial charge on any atom is -0.481 e. The predicted octanol–water partition coefficient (Wildman–Crippen LogP) is 5.28. The highest BCUT2D eigenvalue weighted by Crippen LogP contribution is 2.24. The lowest BCUT2D eigenvalue weighted by Gasteiger charge is -2.22. The number of carboxylic acids is 1. The fraction of sp³-hybridized carbons (Fsp3) is 0.429. The number of pyridine rings is 1. The second-order valence-corrected chi connectivity index (χ2v) is 9.05. The molecule has 0 saturated carbocycles. The van der Waals surface area contributed by atoms with Crippen LogP contribution in [0.4, 0.5) is 5.82 Å². The van der Waals surface area contributed by atoms with Gasteiger partial charge in [-0.15, -0.1) is 0 Å². The third-order valence-corrected chi connectivity index (χ3v) is 6.46. The Labute approximate surface area is 202 Å². The largest absolute Gasteiger partial charge is 0.481 e. The van der Waals surface area contributed by atoms with Crippen molar-refractivity contribution in [2.75, 3.05) is 18.0 Å². The summed E-state index contributed by atoms with van der Waals surface area (Å²) in [5.41, 5.74) is 5.73. The van der Waals surface area contributed by atoms with Crippen LogP contribution in [0, 0.1) is 0 Å². The molecule has 34 heavy (non-hydrogen) atoms. The number of anilines is 1. The molecule has 0 aliphatic carbocycles. The van der Waals surface area contributed by atoms with E-state index >= 15 is 0 Å². The Kier molecular flexibility index (Phi) is 8.23. The van der Waals surface area contributed by atoms with Crippen LogP contribution in [0.3, 0.4) is 0 Å². The summed E-state index contributed by atoms with van der Waals surface area (Å²) < 4.78 is 0.